The topological polar surface area (TPSA) is 47.9 Å². The molecule has 0 saturated carbocycles. The van der Waals surface area contributed by atoms with Gasteiger partial charge in [0, 0.05) is 15.9 Å². The Labute approximate surface area is 289 Å². The first kappa shape index (κ1) is 32.6. The van der Waals surface area contributed by atoms with Crippen molar-refractivity contribution >= 4 is 54.5 Å². The zero-order valence-corrected chi connectivity index (χ0v) is 29.3. The van der Waals surface area contributed by atoms with Gasteiger partial charge in [0.15, 0.2) is 0 Å². The molecule has 0 fully saturated rings. The van der Waals surface area contributed by atoms with Crippen LogP contribution in [-0.2, 0) is 4.57 Å². The van der Waals surface area contributed by atoms with Crippen molar-refractivity contribution in [2.24, 2.45) is 4.52 Å². The summed E-state index contributed by atoms with van der Waals surface area (Å²) in [7, 11) is -8.50. The van der Waals surface area contributed by atoms with Gasteiger partial charge in [0.2, 0.25) is 0 Å². The Kier molecular flexibility index (Phi) is 10.0. The van der Waals surface area contributed by atoms with Crippen molar-refractivity contribution in [1.82, 2.24) is 0 Å². The molecule has 0 bridgehead atoms. The third-order valence-electron chi connectivity index (χ3n) is 7.93. The van der Waals surface area contributed by atoms with Gasteiger partial charge in [-0.05, 0) is 48.1 Å². The first-order valence-electron chi connectivity index (χ1n) is 16.0. The molecular weight excluding hydrogens is 659 g/mol. The quantitative estimate of drug-likeness (QED) is 0.127. The second-order valence-corrected chi connectivity index (χ2v) is 18.2. The maximum atomic E-state index is 15.5. The van der Waals surface area contributed by atoms with Crippen LogP contribution in [0, 0.1) is 0 Å². The molecule has 4 nitrogen and oxygen atoms in total. The van der Waals surface area contributed by atoms with E-state index < -0.39 is 22.7 Å². The number of rotatable bonds is 11. The van der Waals surface area contributed by atoms with Crippen LogP contribution in [-0.4, -0.2) is 0 Å². The fourth-order valence-electron chi connectivity index (χ4n) is 5.82. The van der Waals surface area contributed by atoms with Crippen LogP contribution < -0.4 is 40.9 Å². The van der Waals surface area contributed by atoms with Crippen LogP contribution in [0.4, 0.5) is 0 Å². The molecule has 49 heavy (non-hydrogen) atoms. The standard InChI is InChI=1S/C42H34NO3P3/c44-49(45-35-21-7-1-8-22-35,46-36-23-9-2-10-24-36)43-48(39-29-15-5-16-30-39,40-31-17-6-18-32-40)42-34-20-19-33-41(42)47(37-25-11-3-12-26-37)38-27-13-4-14-28-38/h1-34H. The SMILES string of the molecule is O=P(N=P(c1ccccc1)(c1ccccc1)c1ccccc1P(c1ccccc1)c1ccccc1)(Oc1ccccc1)Oc1ccccc1. The minimum absolute atomic E-state index is 0.411. The molecular formula is C42H34NO3P3. The van der Waals surface area contributed by atoms with Crippen LogP contribution in [0.3, 0.4) is 0 Å². The van der Waals surface area contributed by atoms with E-state index in [2.05, 4.69) is 97.1 Å². The highest BCUT2D eigenvalue weighted by molar-refractivity contribution is 7.92. The van der Waals surface area contributed by atoms with Gasteiger partial charge in [-0.3, -0.25) is 0 Å². The molecule has 0 radical (unpaired) electrons. The second-order valence-electron chi connectivity index (χ2n) is 11.2. The fraction of sp³-hybridized carbons (Fsp3) is 0. The van der Waals surface area contributed by atoms with E-state index in [-0.39, 0.29) is 0 Å². The molecule has 0 saturated heterocycles. The summed E-state index contributed by atoms with van der Waals surface area (Å²) in [5.41, 5.74) is 0. The molecule has 7 rings (SSSR count). The van der Waals surface area contributed by atoms with Gasteiger partial charge in [0.25, 0.3) is 0 Å². The monoisotopic (exact) mass is 693 g/mol. The van der Waals surface area contributed by atoms with Crippen LogP contribution in [0.1, 0.15) is 0 Å². The number of para-hydroxylation sites is 2. The summed E-state index contributed by atoms with van der Waals surface area (Å²) in [4.78, 5) is 0. The molecule has 0 aliphatic rings. The summed E-state index contributed by atoms with van der Waals surface area (Å²) in [6.45, 7) is 0. The minimum Gasteiger partial charge on any atom is -0.399 e. The molecule has 0 unspecified atom stereocenters. The summed E-state index contributed by atoms with van der Waals surface area (Å²) >= 11 is 0. The molecule has 0 amide bonds. The lowest BCUT2D eigenvalue weighted by molar-refractivity contribution is 0.388. The Morgan fingerprint density at radius 1 is 0.408 bits per heavy atom. The highest BCUT2D eigenvalue weighted by atomic mass is 31.2. The normalized spacial score (nSPS) is 11.5. The zero-order valence-electron chi connectivity index (χ0n) is 26.6. The van der Waals surface area contributed by atoms with Gasteiger partial charge in [-0.25, -0.2) is 4.57 Å². The van der Waals surface area contributed by atoms with Crippen LogP contribution in [0.5, 0.6) is 11.5 Å². The van der Waals surface area contributed by atoms with Crippen molar-refractivity contribution in [3.63, 3.8) is 0 Å². The number of benzene rings is 7. The van der Waals surface area contributed by atoms with Crippen molar-refractivity contribution in [2.75, 3.05) is 0 Å². The largest absolute Gasteiger partial charge is 0.562 e. The molecule has 240 valence electrons. The lowest BCUT2D eigenvalue weighted by Crippen LogP contribution is -2.37. The molecule has 0 N–H and O–H groups in total. The van der Waals surface area contributed by atoms with E-state index in [0.29, 0.717) is 11.5 Å². The van der Waals surface area contributed by atoms with Crippen molar-refractivity contribution in [2.45, 2.75) is 0 Å². The van der Waals surface area contributed by atoms with E-state index >= 15 is 4.57 Å². The van der Waals surface area contributed by atoms with Gasteiger partial charge < -0.3 is 9.05 Å². The van der Waals surface area contributed by atoms with Crippen molar-refractivity contribution in [3.05, 3.63) is 206 Å². The summed E-state index contributed by atoms with van der Waals surface area (Å²) in [5, 5.41) is 6.43. The van der Waals surface area contributed by atoms with E-state index in [1.807, 2.05) is 84.9 Å². The Morgan fingerprint density at radius 2 is 0.755 bits per heavy atom. The van der Waals surface area contributed by atoms with E-state index in [4.69, 9.17) is 13.6 Å². The fourth-order valence-corrected chi connectivity index (χ4v) is 15.3. The highest BCUT2D eigenvalue weighted by Crippen LogP contribution is 2.61. The predicted octanol–water partition coefficient (Wildman–Crippen LogP) is 9.19. The lowest BCUT2D eigenvalue weighted by atomic mass is 10.3. The van der Waals surface area contributed by atoms with Gasteiger partial charge in [-0.2, -0.15) is 4.52 Å². The number of hydrogen-bond acceptors (Lipinski definition) is 3. The first-order valence-corrected chi connectivity index (χ1v) is 20.6. The van der Waals surface area contributed by atoms with Crippen LogP contribution >= 0.6 is 22.7 Å². The van der Waals surface area contributed by atoms with Gasteiger partial charge in [-0.1, -0.05) is 182 Å². The molecule has 7 aromatic rings. The predicted molar refractivity (Wildman–Crippen MR) is 208 cm³/mol. The highest BCUT2D eigenvalue weighted by Gasteiger charge is 2.39. The third-order valence-corrected chi connectivity index (χ3v) is 16.6. The van der Waals surface area contributed by atoms with Crippen LogP contribution in [0.2, 0.25) is 0 Å². The average Bonchev–Trinajstić information content (AvgIpc) is 3.17. The maximum Gasteiger partial charge on any atom is 0.562 e. The molecule has 7 heteroatoms. The summed E-state index contributed by atoms with van der Waals surface area (Å²) in [6.07, 6.45) is 0. The lowest BCUT2D eigenvalue weighted by Gasteiger charge is -2.32. The van der Waals surface area contributed by atoms with E-state index in [1.54, 1.807) is 24.3 Å². The molecule has 0 aliphatic carbocycles. The van der Waals surface area contributed by atoms with E-state index in [0.717, 1.165) is 21.2 Å². The molecule has 0 aromatic heterocycles. The molecule has 0 atom stereocenters. The van der Waals surface area contributed by atoms with Gasteiger partial charge >= 0.3 is 7.75 Å². The second kappa shape index (κ2) is 15.1. The van der Waals surface area contributed by atoms with Crippen LogP contribution in [0.25, 0.3) is 0 Å². The molecule has 0 heterocycles. The third kappa shape index (κ3) is 7.24. The van der Waals surface area contributed by atoms with Crippen molar-refractivity contribution in [1.29, 1.82) is 0 Å². The Bertz CT molecular complexity index is 2070. The Balaban J connectivity index is 1.59. The number of hydrogen-bond donors (Lipinski definition) is 0. The maximum absolute atomic E-state index is 15.5. The van der Waals surface area contributed by atoms with E-state index in [9.17, 15) is 0 Å². The minimum atomic E-state index is -4.29. The van der Waals surface area contributed by atoms with Gasteiger partial charge in [-0.15, -0.1) is 0 Å². The zero-order chi connectivity index (χ0) is 33.4. The van der Waals surface area contributed by atoms with Gasteiger partial charge in [0.05, 0.1) is 7.05 Å². The molecule has 0 aliphatic heterocycles. The van der Waals surface area contributed by atoms with E-state index in [1.165, 1.54) is 10.6 Å². The smallest absolute Gasteiger partial charge is 0.399 e. The summed E-state index contributed by atoms with van der Waals surface area (Å²) in [5.74, 6) is 0.822. The Hall–Kier alpha value is -4.97. The van der Waals surface area contributed by atoms with Gasteiger partial charge in [0.1, 0.15) is 11.5 Å². The Morgan fingerprint density at radius 3 is 1.18 bits per heavy atom. The van der Waals surface area contributed by atoms with Crippen molar-refractivity contribution in [3.8, 4) is 11.5 Å². The summed E-state index contributed by atoms with van der Waals surface area (Å²) < 4.78 is 33.8. The number of nitrogens with zero attached hydrogens (tertiary/aromatic N) is 1. The first-order chi connectivity index (χ1) is 24.1. The van der Waals surface area contributed by atoms with Crippen LogP contribution in [0.15, 0.2) is 211 Å². The molecule has 0 spiro atoms. The molecule has 7 aromatic carbocycles. The summed E-state index contributed by atoms with van der Waals surface area (Å²) in [6, 6.07) is 68.4. The van der Waals surface area contributed by atoms with Crippen molar-refractivity contribution < 1.29 is 13.6 Å². The average molecular weight is 694 g/mol.